The third-order valence-corrected chi connectivity index (χ3v) is 7.79. The van der Waals surface area contributed by atoms with E-state index >= 15 is 0 Å². The number of nitrogens with zero attached hydrogens (tertiary/aromatic N) is 2. The van der Waals surface area contributed by atoms with Crippen molar-refractivity contribution in [2.24, 2.45) is 0 Å². The van der Waals surface area contributed by atoms with Gasteiger partial charge in [0.25, 0.3) is 0 Å². The van der Waals surface area contributed by atoms with Gasteiger partial charge in [0.05, 0.1) is 12.0 Å². The van der Waals surface area contributed by atoms with Crippen molar-refractivity contribution in [3.05, 3.63) is 53.1 Å². The molecule has 3 rings (SSSR count). The molecule has 0 radical (unpaired) electrons. The van der Waals surface area contributed by atoms with Gasteiger partial charge in [-0.05, 0) is 48.1 Å². The van der Waals surface area contributed by atoms with E-state index < -0.39 is 10.0 Å². The summed E-state index contributed by atoms with van der Waals surface area (Å²) in [6.45, 7) is 12.5. The molecule has 0 unspecified atom stereocenters. The van der Waals surface area contributed by atoms with Gasteiger partial charge in [0, 0.05) is 37.9 Å². The van der Waals surface area contributed by atoms with Gasteiger partial charge in [0.15, 0.2) is 0 Å². The molecule has 1 aliphatic heterocycles. The Bertz CT molecular complexity index is 962. The Morgan fingerprint density at radius 3 is 2.03 bits per heavy atom. The molecule has 6 heteroatoms. The van der Waals surface area contributed by atoms with Crippen LogP contribution in [0.5, 0.6) is 5.75 Å². The first-order valence-corrected chi connectivity index (χ1v) is 11.5. The van der Waals surface area contributed by atoms with Crippen molar-refractivity contribution in [2.75, 3.05) is 38.2 Å². The predicted molar refractivity (Wildman–Crippen MR) is 119 cm³/mol. The average Bonchev–Trinajstić information content (AvgIpc) is 2.66. The average molecular weight is 417 g/mol. The molecular formula is C23H32N2O3S. The Kier molecular flexibility index (Phi) is 5.97. The summed E-state index contributed by atoms with van der Waals surface area (Å²) in [6, 6.07) is 11.9. The SMILES string of the molecule is COc1cccc(N2CCN(S(=O)(=O)c3c(C)cc(C(C)(C)C)cc3C)CC2)c1. The van der Waals surface area contributed by atoms with Gasteiger partial charge < -0.3 is 9.64 Å². The maximum Gasteiger partial charge on any atom is 0.243 e. The van der Waals surface area contributed by atoms with Crippen LogP contribution in [0.15, 0.2) is 41.3 Å². The number of hydrogen-bond acceptors (Lipinski definition) is 4. The number of ether oxygens (including phenoxy) is 1. The number of piperazine rings is 1. The number of rotatable bonds is 4. The highest BCUT2D eigenvalue weighted by Crippen LogP contribution is 2.31. The Morgan fingerprint density at radius 1 is 0.931 bits per heavy atom. The highest BCUT2D eigenvalue weighted by atomic mass is 32.2. The first-order chi connectivity index (χ1) is 13.5. The molecule has 0 aliphatic carbocycles. The van der Waals surface area contributed by atoms with Crippen molar-refractivity contribution in [1.82, 2.24) is 4.31 Å². The second kappa shape index (κ2) is 8.00. The van der Waals surface area contributed by atoms with Crippen LogP contribution in [0.25, 0.3) is 0 Å². The van der Waals surface area contributed by atoms with E-state index in [-0.39, 0.29) is 5.41 Å². The molecule has 1 saturated heterocycles. The summed E-state index contributed by atoms with van der Waals surface area (Å²) in [6.07, 6.45) is 0. The summed E-state index contributed by atoms with van der Waals surface area (Å²) < 4.78 is 33.8. The first kappa shape index (κ1) is 21.7. The van der Waals surface area contributed by atoms with Crippen LogP contribution in [0.3, 0.4) is 0 Å². The number of hydrogen-bond donors (Lipinski definition) is 0. The zero-order valence-corrected chi connectivity index (χ0v) is 19.1. The molecule has 5 nitrogen and oxygen atoms in total. The minimum Gasteiger partial charge on any atom is -0.497 e. The van der Waals surface area contributed by atoms with Gasteiger partial charge in [-0.3, -0.25) is 0 Å². The number of aryl methyl sites for hydroxylation is 2. The highest BCUT2D eigenvalue weighted by molar-refractivity contribution is 7.89. The molecule has 0 N–H and O–H groups in total. The molecule has 1 fully saturated rings. The summed E-state index contributed by atoms with van der Waals surface area (Å²) >= 11 is 0. The summed E-state index contributed by atoms with van der Waals surface area (Å²) in [5.41, 5.74) is 3.85. The Labute approximate surface area is 175 Å². The topological polar surface area (TPSA) is 49.9 Å². The smallest absolute Gasteiger partial charge is 0.243 e. The molecule has 0 atom stereocenters. The standard InChI is InChI=1S/C23H32N2O3S/c1-17-14-19(23(3,4)5)15-18(2)22(17)29(26,27)25-12-10-24(11-13-25)20-8-7-9-21(16-20)28-6/h7-9,14-16H,10-13H2,1-6H3. The molecule has 1 aliphatic rings. The highest BCUT2D eigenvalue weighted by Gasteiger charge is 2.31. The van der Waals surface area contributed by atoms with Gasteiger partial charge >= 0.3 is 0 Å². The molecule has 0 aromatic heterocycles. The van der Waals surface area contributed by atoms with E-state index in [1.54, 1.807) is 11.4 Å². The van der Waals surface area contributed by atoms with Gasteiger partial charge in [-0.25, -0.2) is 8.42 Å². The molecule has 1 heterocycles. The molecule has 2 aromatic carbocycles. The fourth-order valence-electron chi connectivity index (χ4n) is 3.91. The van der Waals surface area contributed by atoms with Gasteiger partial charge in [-0.1, -0.05) is 39.0 Å². The molecule has 0 bridgehead atoms. The Hall–Kier alpha value is -2.05. The van der Waals surface area contributed by atoms with E-state index in [1.165, 1.54) is 0 Å². The van der Waals surface area contributed by atoms with Gasteiger partial charge in [-0.15, -0.1) is 0 Å². The maximum absolute atomic E-state index is 13.4. The quantitative estimate of drug-likeness (QED) is 0.752. The summed E-state index contributed by atoms with van der Waals surface area (Å²) in [4.78, 5) is 2.66. The lowest BCUT2D eigenvalue weighted by Gasteiger charge is -2.36. The van der Waals surface area contributed by atoms with Gasteiger partial charge in [0.2, 0.25) is 10.0 Å². The fraction of sp³-hybridized carbons (Fsp3) is 0.478. The van der Waals surface area contributed by atoms with Crippen molar-refractivity contribution >= 4 is 15.7 Å². The van der Waals surface area contributed by atoms with Crippen molar-refractivity contribution in [2.45, 2.75) is 44.9 Å². The number of sulfonamides is 1. The van der Waals surface area contributed by atoms with Crippen LogP contribution < -0.4 is 9.64 Å². The first-order valence-electron chi connectivity index (χ1n) is 10.0. The van der Waals surface area contributed by atoms with E-state index in [4.69, 9.17) is 4.74 Å². The van der Waals surface area contributed by atoms with Crippen LogP contribution in [0, 0.1) is 13.8 Å². The van der Waals surface area contributed by atoms with Crippen LogP contribution in [-0.4, -0.2) is 46.0 Å². The fourth-order valence-corrected chi connectivity index (χ4v) is 5.75. The molecule has 0 saturated carbocycles. The molecule has 0 spiro atoms. The minimum absolute atomic E-state index is 0.0137. The lowest BCUT2D eigenvalue weighted by Crippen LogP contribution is -2.48. The monoisotopic (exact) mass is 416 g/mol. The minimum atomic E-state index is -3.52. The Balaban J connectivity index is 1.81. The molecule has 2 aromatic rings. The number of anilines is 1. The molecular weight excluding hydrogens is 384 g/mol. The third-order valence-electron chi connectivity index (χ3n) is 5.58. The van der Waals surface area contributed by atoms with Gasteiger partial charge in [-0.2, -0.15) is 4.31 Å². The predicted octanol–water partition coefficient (Wildman–Crippen LogP) is 4.12. The van der Waals surface area contributed by atoms with E-state index in [1.807, 2.05) is 50.2 Å². The van der Waals surface area contributed by atoms with Crippen LogP contribution in [0.4, 0.5) is 5.69 Å². The third kappa shape index (κ3) is 4.43. The van der Waals surface area contributed by atoms with E-state index in [2.05, 4.69) is 25.7 Å². The normalized spacial score (nSPS) is 16.1. The number of benzene rings is 2. The molecule has 0 amide bonds. The maximum atomic E-state index is 13.4. The largest absolute Gasteiger partial charge is 0.497 e. The van der Waals surface area contributed by atoms with Crippen LogP contribution in [0.2, 0.25) is 0 Å². The summed E-state index contributed by atoms with van der Waals surface area (Å²) in [5.74, 6) is 0.808. The van der Waals surface area contributed by atoms with Crippen LogP contribution in [0.1, 0.15) is 37.5 Å². The summed E-state index contributed by atoms with van der Waals surface area (Å²) in [5, 5.41) is 0. The second-order valence-electron chi connectivity index (χ2n) is 8.78. The van der Waals surface area contributed by atoms with E-state index in [0.29, 0.717) is 31.1 Å². The number of methoxy groups -OCH3 is 1. The van der Waals surface area contributed by atoms with E-state index in [9.17, 15) is 8.42 Å². The zero-order chi connectivity index (χ0) is 21.4. The second-order valence-corrected chi connectivity index (χ2v) is 10.7. The Morgan fingerprint density at radius 2 is 1.52 bits per heavy atom. The van der Waals surface area contributed by atoms with E-state index in [0.717, 1.165) is 28.1 Å². The summed E-state index contributed by atoms with van der Waals surface area (Å²) in [7, 11) is -1.87. The van der Waals surface area contributed by atoms with Crippen molar-refractivity contribution in [1.29, 1.82) is 0 Å². The van der Waals surface area contributed by atoms with Crippen LogP contribution >= 0.6 is 0 Å². The molecule has 158 valence electrons. The van der Waals surface area contributed by atoms with Crippen molar-refractivity contribution in [3.63, 3.8) is 0 Å². The zero-order valence-electron chi connectivity index (χ0n) is 18.3. The lowest BCUT2D eigenvalue weighted by atomic mass is 9.85. The van der Waals surface area contributed by atoms with Crippen molar-refractivity contribution < 1.29 is 13.2 Å². The molecule has 29 heavy (non-hydrogen) atoms. The van der Waals surface area contributed by atoms with Crippen LogP contribution in [-0.2, 0) is 15.4 Å². The van der Waals surface area contributed by atoms with Crippen molar-refractivity contribution in [3.8, 4) is 5.75 Å². The lowest BCUT2D eigenvalue weighted by molar-refractivity contribution is 0.383. The van der Waals surface area contributed by atoms with Gasteiger partial charge in [0.1, 0.15) is 5.75 Å².